The minimum atomic E-state index is -0.129. The first-order chi connectivity index (χ1) is 12.5. The third kappa shape index (κ3) is 3.11. The molecule has 0 saturated heterocycles. The number of aromatic nitrogens is 3. The van der Waals surface area contributed by atoms with Crippen molar-refractivity contribution in [3.05, 3.63) is 69.9 Å². The lowest BCUT2D eigenvalue weighted by molar-refractivity contribution is 0.103. The second kappa shape index (κ2) is 6.38. The van der Waals surface area contributed by atoms with Crippen LogP contribution in [0.5, 0.6) is 0 Å². The van der Waals surface area contributed by atoms with Gasteiger partial charge in [-0.05, 0) is 50.6 Å². The van der Waals surface area contributed by atoms with E-state index in [0.717, 1.165) is 33.3 Å². The zero-order chi connectivity index (χ0) is 18.3. The van der Waals surface area contributed by atoms with E-state index in [4.69, 9.17) is 0 Å². The largest absolute Gasteiger partial charge is 0.321 e. The predicted octanol–water partition coefficient (Wildman–Crippen LogP) is 4.64. The zero-order valence-electron chi connectivity index (χ0n) is 14.8. The molecule has 1 N–H and O–H groups in total. The van der Waals surface area contributed by atoms with E-state index in [1.54, 1.807) is 0 Å². The minimum Gasteiger partial charge on any atom is -0.321 e. The SMILES string of the molecule is Cc1ccn2cc(-c3cccc(NC(=O)c4sc(C)nc4C)c3)nc2c1. The Labute approximate surface area is 155 Å². The van der Waals surface area contributed by atoms with Crippen molar-refractivity contribution in [2.24, 2.45) is 0 Å². The first-order valence-corrected chi connectivity index (χ1v) is 9.12. The van der Waals surface area contributed by atoms with Gasteiger partial charge < -0.3 is 9.72 Å². The van der Waals surface area contributed by atoms with Gasteiger partial charge in [-0.2, -0.15) is 0 Å². The van der Waals surface area contributed by atoms with Crippen LogP contribution in [-0.4, -0.2) is 20.3 Å². The van der Waals surface area contributed by atoms with Crippen LogP contribution in [0.2, 0.25) is 0 Å². The highest BCUT2D eigenvalue weighted by Crippen LogP contribution is 2.24. The number of hydrogen-bond acceptors (Lipinski definition) is 4. The molecule has 0 unspecified atom stereocenters. The predicted molar refractivity (Wildman–Crippen MR) is 105 cm³/mol. The summed E-state index contributed by atoms with van der Waals surface area (Å²) in [6.45, 7) is 5.81. The number of nitrogens with one attached hydrogen (secondary N) is 1. The number of amides is 1. The van der Waals surface area contributed by atoms with E-state index in [9.17, 15) is 4.79 Å². The van der Waals surface area contributed by atoms with Crippen LogP contribution in [-0.2, 0) is 0 Å². The summed E-state index contributed by atoms with van der Waals surface area (Å²) in [6, 6.07) is 11.8. The third-order valence-corrected chi connectivity index (χ3v) is 5.21. The quantitative estimate of drug-likeness (QED) is 0.578. The Balaban J connectivity index is 1.63. The van der Waals surface area contributed by atoms with Gasteiger partial charge in [-0.25, -0.2) is 9.97 Å². The molecule has 0 bridgehead atoms. The van der Waals surface area contributed by atoms with Crippen LogP contribution in [0.25, 0.3) is 16.9 Å². The molecule has 6 heteroatoms. The molecule has 0 aliphatic heterocycles. The van der Waals surface area contributed by atoms with E-state index in [1.807, 2.05) is 67.9 Å². The lowest BCUT2D eigenvalue weighted by atomic mass is 10.1. The van der Waals surface area contributed by atoms with Gasteiger partial charge in [0.2, 0.25) is 0 Å². The minimum absolute atomic E-state index is 0.129. The molecule has 26 heavy (non-hydrogen) atoms. The summed E-state index contributed by atoms with van der Waals surface area (Å²) in [5.41, 5.74) is 5.41. The number of anilines is 1. The van der Waals surface area contributed by atoms with Gasteiger partial charge in [-0.1, -0.05) is 12.1 Å². The summed E-state index contributed by atoms with van der Waals surface area (Å²) in [5.74, 6) is -0.129. The third-order valence-electron chi connectivity index (χ3n) is 4.14. The van der Waals surface area contributed by atoms with E-state index in [-0.39, 0.29) is 5.91 Å². The van der Waals surface area contributed by atoms with Crippen molar-refractivity contribution in [2.45, 2.75) is 20.8 Å². The Kier molecular flexibility index (Phi) is 4.05. The highest BCUT2D eigenvalue weighted by molar-refractivity contribution is 7.13. The Morgan fingerprint density at radius 1 is 1.12 bits per heavy atom. The molecule has 5 nitrogen and oxygen atoms in total. The maximum atomic E-state index is 12.5. The molecule has 1 amide bonds. The van der Waals surface area contributed by atoms with E-state index in [2.05, 4.69) is 21.4 Å². The van der Waals surface area contributed by atoms with Gasteiger partial charge in [0.15, 0.2) is 0 Å². The first-order valence-electron chi connectivity index (χ1n) is 8.31. The molecule has 0 spiro atoms. The topological polar surface area (TPSA) is 59.3 Å². The molecule has 3 heterocycles. The standard InChI is InChI=1S/C20H18N4OS/c1-12-7-8-24-11-17(23-18(24)9-12)15-5-4-6-16(10-15)22-20(25)19-13(2)21-14(3)26-19/h4-11H,1-3H3,(H,22,25). The van der Waals surface area contributed by atoms with E-state index < -0.39 is 0 Å². The van der Waals surface area contributed by atoms with Crippen molar-refractivity contribution in [2.75, 3.05) is 5.32 Å². The molecule has 0 atom stereocenters. The molecule has 0 aliphatic rings. The monoisotopic (exact) mass is 362 g/mol. The molecule has 0 radical (unpaired) electrons. The fourth-order valence-corrected chi connectivity index (χ4v) is 3.72. The van der Waals surface area contributed by atoms with Crippen molar-refractivity contribution in [1.82, 2.24) is 14.4 Å². The van der Waals surface area contributed by atoms with E-state index in [0.29, 0.717) is 4.88 Å². The number of thiazole rings is 1. The fourth-order valence-electron chi connectivity index (χ4n) is 2.91. The van der Waals surface area contributed by atoms with Gasteiger partial charge in [0.05, 0.1) is 16.4 Å². The van der Waals surface area contributed by atoms with Crippen LogP contribution in [0.15, 0.2) is 48.8 Å². The second-order valence-electron chi connectivity index (χ2n) is 6.28. The summed E-state index contributed by atoms with van der Waals surface area (Å²) >= 11 is 1.41. The summed E-state index contributed by atoms with van der Waals surface area (Å²) in [5, 5.41) is 3.85. The number of carbonyl (C=O) groups excluding carboxylic acids is 1. The van der Waals surface area contributed by atoms with Crippen molar-refractivity contribution in [3.8, 4) is 11.3 Å². The molecular weight excluding hydrogens is 344 g/mol. The van der Waals surface area contributed by atoms with Crippen LogP contribution < -0.4 is 5.32 Å². The average molecular weight is 362 g/mol. The Morgan fingerprint density at radius 3 is 2.73 bits per heavy atom. The van der Waals surface area contributed by atoms with E-state index >= 15 is 0 Å². The van der Waals surface area contributed by atoms with Crippen LogP contribution in [0.4, 0.5) is 5.69 Å². The Hall–Kier alpha value is -2.99. The normalized spacial score (nSPS) is 11.0. The van der Waals surface area contributed by atoms with E-state index in [1.165, 1.54) is 16.9 Å². The zero-order valence-corrected chi connectivity index (χ0v) is 15.6. The average Bonchev–Trinajstić information content (AvgIpc) is 3.17. The fraction of sp³-hybridized carbons (Fsp3) is 0.150. The summed E-state index contributed by atoms with van der Waals surface area (Å²) in [4.78, 5) is 22.2. The summed E-state index contributed by atoms with van der Waals surface area (Å²) in [6.07, 6.45) is 3.99. The lowest BCUT2D eigenvalue weighted by Crippen LogP contribution is -2.11. The Morgan fingerprint density at radius 2 is 1.96 bits per heavy atom. The van der Waals surface area contributed by atoms with Crippen LogP contribution in [0, 0.1) is 20.8 Å². The molecule has 4 aromatic rings. The van der Waals surface area contributed by atoms with Gasteiger partial charge in [-0.15, -0.1) is 11.3 Å². The molecular formula is C20H18N4OS. The summed E-state index contributed by atoms with van der Waals surface area (Å²) < 4.78 is 2.00. The highest BCUT2D eigenvalue weighted by Gasteiger charge is 2.14. The number of carbonyl (C=O) groups is 1. The van der Waals surface area contributed by atoms with Crippen LogP contribution >= 0.6 is 11.3 Å². The number of aryl methyl sites for hydroxylation is 3. The van der Waals surface area contributed by atoms with Gasteiger partial charge >= 0.3 is 0 Å². The van der Waals surface area contributed by atoms with Crippen molar-refractivity contribution in [1.29, 1.82) is 0 Å². The summed E-state index contributed by atoms with van der Waals surface area (Å²) in [7, 11) is 0. The number of fused-ring (bicyclic) bond motifs is 1. The number of nitrogens with zero attached hydrogens (tertiary/aromatic N) is 3. The lowest BCUT2D eigenvalue weighted by Gasteiger charge is -2.05. The number of benzene rings is 1. The van der Waals surface area contributed by atoms with Crippen molar-refractivity contribution in [3.63, 3.8) is 0 Å². The van der Waals surface area contributed by atoms with Crippen LogP contribution in [0.1, 0.15) is 25.9 Å². The van der Waals surface area contributed by atoms with Gasteiger partial charge in [0, 0.05) is 23.6 Å². The maximum absolute atomic E-state index is 12.5. The molecule has 0 aliphatic carbocycles. The van der Waals surface area contributed by atoms with Crippen LogP contribution in [0.3, 0.4) is 0 Å². The van der Waals surface area contributed by atoms with Crippen molar-refractivity contribution >= 4 is 28.6 Å². The van der Waals surface area contributed by atoms with Crippen molar-refractivity contribution < 1.29 is 4.79 Å². The molecule has 0 fully saturated rings. The number of imidazole rings is 1. The second-order valence-corrected chi connectivity index (χ2v) is 7.48. The number of rotatable bonds is 3. The molecule has 3 aromatic heterocycles. The highest BCUT2D eigenvalue weighted by atomic mass is 32.1. The molecule has 4 rings (SSSR count). The van der Waals surface area contributed by atoms with Gasteiger partial charge in [0.25, 0.3) is 5.91 Å². The molecule has 1 aromatic carbocycles. The van der Waals surface area contributed by atoms with Gasteiger partial charge in [0.1, 0.15) is 10.5 Å². The Bertz CT molecular complexity index is 1130. The molecule has 130 valence electrons. The smallest absolute Gasteiger partial charge is 0.267 e. The molecule has 0 saturated carbocycles. The first kappa shape index (κ1) is 16.5. The number of pyridine rings is 1. The van der Waals surface area contributed by atoms with Gasteiger partial charge in [-0.3, -0.25) is 4.79 Å². The number of hydrogen-bond donors (Lipinski definition) is 1. The maximum Gasteiger partial charge on any atom is 0.267 e.